The third kappa shape index (κ3) is 4.45. The van der Waals surface area contributed by atoms with E-state index in [1.807, 2.05) is 31.2 Å². The summed E-state index contributed by atoms with van der Waals surface area (Å²) in [5.74, 6) is -0.166. The third-order valence-corrected chi connectivity index (χ3v) is 4.27. The van der Waals surface area contributed by atoms with Gasteiger partial charge in [-0.2, -0.15) is 0 Å². The number of ether oxygens (including phenoxy) is 1. The molecule has 130 valence electrons. The first-order valence-electron chi connectivity index (χ1n) is 8.44. The van der Waals surface area contributed by atoms with Gasteiger partial charge in [-0.05, 0) is 36.8 Å². The number of carbonyl (C=O) groups excluding carboxylic acids is 2. The van der Waals surface area contributed by atoms with Crippen molar-refractivity contribution in [2.45, 2.75) is 13.5 Å². The predicted octanol–water partition coefficient (Wildman–Crippen LogP) is 2.40. The van der Waals surface area contributed by atoms with E-state index in [-0.39, 0.29) is 11.8 Å². The minimum atomic E-state index is -0.147. The van der Waals surface area contributed by atoms with E-state index in [0.29, 0.717) is 44.0 Å². The summed E-state index contributed by atoms with van der Waals surface area (Å²) in [6.07, 6.45) is 0. The molecular formula is C20H22N2O3. The molecule has 0 saturated carbocycles. The molecule has 1 N–H and O–H groups in total. The van der Waals surface area contributed by atoms with Gasteiger partial charge in [0, 0.05) is 30.8 Å². The Bertz CT molecular complexity index is 733. The van der Waals surface area contributed by atoms with Gasteiger partial charge in [-0.25, -0.2) is 0 Å². The maximum atomic E-state index is 12.4. The zero-order valence-electron chi connectivity index (χ0n) is 14.3. The molecular weight excluding hydrogens is 316 g/mol. The molecule has 5 heteroatoms. The highest BCUT2D eigenvalue weighted by atomic mass is 16.5. The fraction of sp³-hybridized carbons (Fsp3) is 0.300. The lowest BCUT2D eigenvalue weighted by Crippen LogP contribution is -2.40. The number of rotatable bonds is 4. The van der Waals surface area contributed by atoms with Gasteiger partial charge in [-0.1, -0.05) is 29.8 Å². The Labute approximate surface area is 147 Å². The number of benzene rings is 2. The standard InChI is InChI=1S/C20H22N2O3/c1-15-2-4-16(5-3-15)14-21-19(23)17-6-8-18(9-7-17)20(24)22-10-12-25-13-11-22/h2-9H,10-14H2,1H3,(H,21,23). The molecule has 5 nitrogen and oxygen atoms in total. The second kappa shape index (κ2) is 7.94. The number of carbonyl (C=O) groups is 2. The number of hydrogen-bond acceptors (Lipinski definition) is 3. The Morgan fingerprint density at radius 2 is 1.56 bits per heavy atom. The molecule has 2 aromatic rings. The third-order valence-electron chi connectivity index (χ3n) is 4.27. The number of hydrogen-bond donors (Lipinski definition) is 1. The van der Waals surface area contributed by atoms with Gasteiger partial charge < -0.3 is 15.0 Å². The summed E-state index contributed by atoms with van der Waals surface area (Å²) in [7, 11) is 0. The van der Waals surface area contributed by atoms with Gasteiger partial charge in [-0.15, -0.1) is 0 Å². The Morgan fingerprint density at radius 3 is 2.20 bits per heavy atom. The summed E-state index contributed by atoms with van der Waals surface area (Å²) < 4.78 is 5.26. The fourth-order valence-corrected chi connectivity index (χ4v) is 2.70. The number of morpholine rings is 1. The van der Waals surface area contributed by atoms with Crippen molar-refractivity contribution in [3.05, 3.63) is 70.8 Å². The van der Waals surface area contributed by atoms with Crippen LogP contribution < -0.4 is 5.32 Å². The molecule has 0 radical (unpaired) electrons. The molecule has 0 bridgehead atoms. The van der Waals surface area contributed by atoms with Crippen LogP contribution in [0.1, 0.15) is 31.8 Å². The van der Waals surface area contributed by atoms with Crippen molar-refractivity contribution in [1.29, 1.82) is 0 Å². The number of nitrogens with one attached hydrogen (secondary N) is 1. The van der Waals surface area contributed by atoms with E-state index in [0.717, 1.165) is 5.56 Å². The molecule has 0 spiro atoms. The molecule has 1 aliphatic heterocycles. The number of aryl methyl sites for hydroxylation is 1. The second-order valence-corrected chi connectivity index (χ2v) is 6.15. The van der Waals surface area contributed by atoms with E-state index in [1.54, 1.807) is 29.2 Å². The average molecular weight is 338 g/mol. The Kier molecular flexibility index (Phi) is 5.46. The molecule has 1 fully saturated rings. The van der Waals surface area contributed by atoms with Gasteiger partial charge in [-0.3, -0.25) is 9.59 Å². The van der Waals surface area contributed by atoms with Crippen molar-refractivity contribution in [3.63, 3.8) is 0 Å². The summed E-state index contributed by atoms with van der Waals surface area (Å²) in [5, 5.41) is 2.90. The first-order chi connectivity index (χ1) is 12.1. The number of nitrogens with zero attached hydrogens (tertiary/aromatic N) is 1. The van der Waals surface area contributed by atoms with Crippen LogP contribution in [0.2, 0.25) is 0 Å². The molecule has 1 aliphatic rings. The van der Waals surface area contributed by atoms with E-state index < -0.39 is 0 Å². The normalized spacial score (nSPS) is 14.2. The second-order valence-electron chi connectivity index (χ2n) is 6.15. The molecule has 0 atom stereocenters. The lowest BCUT2D eigenvalue weighted by Gasteiger charge is -2.26. The van der Waals surface area contributed by atoms with Crippen molar-refractivity contribution in [3.8, 4) is 0 Å². The van der Waals surface area contributed by atoms with Crippen molar-refractivity contribution in [2.24, 2.45) is 0 Å². The zero-order valence-corrected chi connectivity index (χ0v) is 14.3. The number of amides is 2. The summed E-state index contributed by atoms with van der Waals surface area (Å²) >= 11 is 0. The lowest BCUT2D eigenvalue weighted by atomic mass is 10.1. The van der Waals surface area contributed by atoms with Crippen molar-refractivity contribution < 1.29 is 14.3 Å². The van der Waals surface area contributed by atoms with E-state index >= 15 is 0 Å². The van der Waals surface area contributed by atoms with E-state index in [1.165, 1.54) is 5.56 Å². The highest BCUT2D eigenvalue weighted by molar-refractivity contribution is 5.97. The minimum absolute atomic E-state index is 0.0186. The van der Waals surface area contributed by atoms with Gasteiger partial charge in [0.2, 0.25) is 0 Å². The van der Waals surface area contributed by atoms with Crippen LogP contribution in [-0.2, 0) is 11.3 Å². The van der Waals surface area contributed by atoms with Crippen LogP contribution in [-0.4, -0.2) is 43.0 Å². The van der Waals surface area contributed by atoms with Crippen LogP contribution in [0.3, 0.4) is 0 Å². The Morgan fingerprint density at radius 1 is 0.960 bits per heavy atom. The van der Waals surface area contributed by atoms with Gasteiger partial charge in [0.15, 0.2) is 0 Å². The topological polar surface area (TPSA) is 58.6 Å². The highest BCUT2D eigenvalue weighted by Gasteiger charge is 2.18. The smallest absolute Gasteiger partial charge is 0.254 e. The summed E-state index contributed by atoms with van der Waals surface area (Å²) in [5.41, 5.74) is 3.39. The Balaban J connectivity index is 1.58. The van der Waals surface area contributed by atoms with E-state index in [2.05, 4.69) is 5.32 Å². The van der Waals surface area contributed by atoms with Crippen molar-refractivity contribution in [1.82, 2.24) is 10.2 Å². The molecule has 0 aliphatic carbocycles. The quantitative estimate of drug-likeness (QED) is 0.931. The zero-order chi connectivity index (χ0) is 17.6. The molecule has 3 rings (SSSR count). The minimum Gasteiger partial charge on any atom is -0.378 e. The SMILES string of the molecule is Cc1ccc(CNC(=O)c2ccc(C(=O)N3CCOCC3)cc2)cc1. The van der Waals surface area contributed by atoms with Crippen LogP contribution in [0, 0.1) is 6.92 Å². The molecule has 1 saturated heterocycles. The molecule has 0 unspecified atom stereocenters. The van der Waals surface area contributed by atoms with Gasteiger partial charge >= 0.3 is 0 Å². The first kappa shape index (κ1) is 17.2. The summed E-state index contributed by atoms with van der Waals surface area (Å²) in [6.45, 7) is 4.88. The Hall–Kier alpha value is -2.66. The highest BCUT2D eigenvalue weighted by Crippen LogP contribution is 2.10. The van der Waals surface area contributed by atoms with Crippen LogP contribution >= 0.6 is 0 Å². The summed E-state index contributed by atoms with van der Waals surface area (Å²) in [6, 6.07) is 14.8. The first-order valence-corrected chi connectivity index (χ1v) is 8.44. The van der Waals surface area contributed by atoms with E-state index in [9.17, 15) is 9.59 Å². The lowest BCUT2D eigenvalue weighted by molar-refractivity contribution is 0.0303. The van der Waals surface area contributed by atoms with Crippen LogP contribution in [0.4, 0.5) is 0 Å². The molecule has 1 heterocycles. The largest absolute Gasteiger partial charge is 0.378 e. The summed E-state index contributed by atoms with van der Waals surface area (Å²) in [4.78, 5) is 26.4. The maximum absolute atomic E-state index is 12.4. The van der Waals surface area contributed by atoms with Crippen molar-refractivity contribution >= 4 is 11.8 Å². The van der Waals surface area contributed by atoms with E-state index in [4.69, 9.17) is 4.74 Å². The van der Waals surface area contributed by atoms with Gasteiger partial charge in [0.05, 0.1) is 13.2 Å². The molecule has 2 amide bonds. The maximum Gasteiger partial charge on any atom is 0.254 e. The van der Waals surface area contributed by atoms with Crippen LogP contribution in [0.5, 0.6) is 0 Å². The fourth-order valence-electron chi connectivity index (χ4n) is 2.70. The van der Waals surface area contributed by atoms with Crippen molar-refractivity contribution in [2.75, 3.05) is 26.3 Å². The molecule has 0 aromatic heterocycles. The molecule has 25 heavy (non-hydrogen) atoms. The van der Waals surface area contributed by atoms with Gasteiger partial charge in [0.1, 0.15) is 0 Å². The molecule has 2 aromatic carbocycles. The van der Waals surface area contributed by atoms with Gasteiger partial charge in [0.25, 0.3) is 11.8 Å². The predicted molar refractivity (Wildman–Crippen MR) is 95.5 cm³/mol. The monoisotopic (exact) mass is 338 g/mol. The average Bonchev–Trinajstić information content (AvgIpc) is 2.67. The van der Waals surface area contributed by atoms with Crippen LogP contribution in [0.25, 0.3) is 0 Å². The van der Waals surface area contributed by atoms with Crippen LogP contribution in [0.15, 0.2) is 48.5 Å².